The Balaban J connectivity index is 1.90. The van der Waals surface area contributed by atoms with Crippen LogP contribution in [0.3, 0.4) is 0 Å². The Bertz CT molecular complexity index is 491. The molecular formula is C11H10F3NO3S. The van der Waals surface area contributed by atoms with Gasteiger partial charge in [-0.2, -0.15) is 13.2 Å². The van der Waals surface area contributed by atoms with Crippen LogP contribution < -0.4 is 9.47 Å². The maximum atomic E-state index is 11.9. The molecule has 0 saturated carbocycles. The summed E-state index contributed by atoms with van der Waals surface area (Å²) in [5.74, 6) is 0.736. The molecule has 0 amide bonds. The summed E-state index contributed by atoms with van der Waals surface area (Å²) in [6, 6.07) is 4.80. The first-order valence-corrected chi connectivity index (χ1v) is 6.30. The van der Waals surface area contributed by atoms with Crippen molar-refractivity contribution in [1.82, 2.24) is 0 Å². The van der Waals surface area contributed by atoms with Gasteiger partial charge < -0.3 is 14.7 Å². The number of rotatable bonds is 4. The van der Waals surface area contributed by atoms with Crippen LogP contribution in [0.2, 0.25) is 0 Å². The van der Waals surface area contributed by atoms with Crippen LogP contribution in [0.15, 0.2) is 23.4 Å². The van der Waals surface area contributed by atoms with Crippen molar-refractivity contribution in [1.29, 1.82) is 0 Å². The molecule has 0 aromatic heterocycles. The molecule has 19 heavy (non-hydrogen) atoms. The fourth-order valence-electron chi connectivity index (χ4n) is 1.57. The second kappa shape index (κ2) is 5.60. The molecule has 4 nitrogen and oxygen atoms in total. The third-order valence-corrected chi connectivity index (χ3v) is 3.06. The van der Waals surface area contributed by atoms with Crippen LogP contribution in [0.5, 0.6) is 11.5 Å². The molecule has 0 aliphatic carbocycles. The summed E-state index contributed by atoms with van der Waals surface area (Å²) in [6.07, 6.45) is 0. The van der Waals surface area contributed by atoms with Crippen molar-refractivity contribution in [3.63, 3.8) is 0 Å². The van der Waals surface area contributed by atoms with E-state index in [1.165, 1.54) is 0 Å². The SMILES string of the molecule is O/N=C1/COc2cc(OCCSC(F)(F)F)ccc21. The number of halogens is 3. The van der Waals surface area contributed by atoms with Gasteiger partial charge >= 0.3 is 5.51 Å². The average Bonchev–Trinajstić information content (AvgIpc) is 2.75. The minimum Gasteiger partial charge on any atom is -0.493 e. The molecule has 0 spiro atoms. The van der Waals surface area contributed by atoms with Crippen molar-refractivity contribution in [3.05, 3.63) is 23.8 Å². The number of alkyl halides is 3. The molecule has 0 fully saturated rings. The Morgan fingerprint density at radius 3 is 2.89 bits per heavy atom. The zero-order valence-corrected chi connectivity index (χ0v) is 10.4. The molecule has 1 aromatic rings. The minimum atomic E-state index is -4.24. The number of nitrogens with zero attached hydrogens (tertiary/aromatic N) is 1. The lowest BCUT2D eigenvalue weighted by molar-refractivity contribution is -0.0329. The molecule has 0 unspecified atom stereocenters. The average molecular weight is 293 g/mol. The molecule has 1 heterocycles. The van der Waals surface area contributed by atoms with Crippen molar-refractivity contribution in [3.8, 4) is 11.5 Å². The van der Waals surface area contributed by atoms with Gasteiger partial charge in [0, 0.05) is 17.4 Å². The van der Waals surface area contributed by atoms with Gasteiger partial charge in [-0.25, -0.2) is 0 Å². The second-order valence-corrected chi connectivity index (χ2v) is 4.80. The molecule has 2 rings (SSSR count). The molecule has 0 saturated heterocycles. The number of oxime groups is 1. The maximum absolute atomic E-state index is 11.9. The first kappa shape index (κ1) is 13.9. The first-order chi connectivity index (χ1) is 8.99. The number of thioether (sulfide) groups is 1. The highest BCUT2D eigenvalue weighted by molar-refractivity contribution is 8.00. The van der Waals surface area contributed by atoms with E-state index >= 15 is 0 Å². The number of benzene rings is 1. The number of fused-ring (bicyclic) bond motifs is 1. The van der Waals surface area contributed by atoms with E-state index < -0.39 is 5.51 Å². The highest BCUT2D eigenvalue weighted by Gasteiger charge is 2.27. The molecule has 0 radical (unpaired) electrons. The van der Waals surface area contributed by atoms with Gasteiger partial charge in [-0.1, -0.05) is 5.16 Å². The third kappa shape index (κ3) is 3.69. The monoisotopic (exact) mass is 293 g/mol. The number of ether oxygens (including phenoxy) is 2. The zero-order valence-electron chi connectivity index (χ0n) is 9.61. The fourth-order valence-corrected chi connectivity index (χ4v) is 1.97. The Morgan fingerprint density at radius 1 is 1.42 bits per heavy atom. The van der Waals surface area contributed by atoms with Gasteiger partial charge in [-0.05, 0) is 23.9 Å². The summed E-state index contributed by atoms with van der Waals surface area (Å²) in [5.41, 5.74) is -3.18. The van der Waals surface area contributed by atoms with Crippen LogP contribution in [-0.4, -0.2) is 35.4 Å². The van der Waals surface area contributed by atoms with Crippen LogP contribution in [0.4, 0.5) is 13.2 Å². The molecule has 1 N–H and O–H groups in total. The van der Waals surface area contributed by atoms with E-state index in [1.54, 1.807) is 18.2 Å². The molecule has 1 aromatic carbocycles. The Hall–Kier alpha value is -1.57. The van der Waals surface area contributed by atoms with E-state index in [-0.39, 0.29) is 30.7 Å². The summed E-state index contributed by atoms with van der Waals surface area (Å²) in [5, 5.41) is 11.8. The van der Waals surface area contributed by atoms with Crippen LogP contribution in [0.25, 0.3) is 0 Å². The minimum absolute atomic E-state index is 0.0517. The van der Waals surface area contributed by atoms with E-state index in [2.05, 4.69) is 5.16 Å². The highest BCUT2D eigenvalue weighted by atomic mass is 32.2. The van der Waals surface area contributed by atoms with Crippen molar-refractivity contribution in [2.45, 2.75) is 5.51 Å². The van der Waals surface area contributed by atoms with Crippen molar-refractivity contribution in [2.24, 2.45) is 5.16 Å². The zero-order chi connectivity index (χ0) is 13.9. The Morgan fingerprint density at radius 2 is 2.21 bits per heavy atom. The lowest BCUT2D eigenvalue weighted by atomic mass is 10.1. The molecule has 1 aliphatic rings. The van der Waals surface area contributed by atoms with E-state index in [4.69, 9.17) is 14.7 Å². The van der Waals surface area contributed by atoms with E-state index in [0.717, 1.165) is 0 Å². The lowest BCUT2D eigenvalue weighted by Crippen LogP contribution is -2.07. The van der Waals surface area contributed by atoms with Crippen molar-refractivity contribution < 1.29 is 27.9 Å². The first-order valence-electron chi connectivity index (χ1n) is 5.31. The Labute approximate surface area is 111 Å². The smallest absolute Gasteiger partial charge is 0.441 e. The van der Waals surface area contributed by atoms with Gasteiger partial charge in [-0.3, -0.25) is 0 Å². The van der Waals surface area contributed by atoms with Crippen molar-refractivity contribution in [2.75, 3.05) is 19.0 Å². The highest BCUT2D eigenvalue weighted by Crippen LogP contribution is 2.31. The molecule has 8 heteroatoms. The quantitative estimate of drug-likeness (QED) is 0.527. The van der Waals surface area contributed by atoms with Crippen LogP contribution >= 0.6 is 11.8 Å². The molecular weight excluding hydrogens is 283 g/mol. The lowest BCUT2D eigenvalue weighted by Gasteiger charge is -2.08. The Kier molecular flexibility index (Phi) is 4.08. The van der Waals surface area contributed by atoms with Gasteiger partial charge in [0.05, 0.1) is 6.61 Å². The fraction of sp³-hybridized carbons (Fsp3) is 0.364. The number of hydrogen-bond donors (Lipinski definition) is 1. The summed E-state index contributed by atoms with van der Waals surface area (Å²) in [4.78, 5) is 0. The van der Waals surface area contributed by atoms with E-state index in [1.807, 2.05) is 0 Å². The van der Waals surface area contributed by atoms with E-state index in [9.17, 15) is 13.2 Å². The molecule has 0 bridgehead atoms. The van der Waals surface area contributed by atoms with Crippen LogP contribution in [0.1, 0.15) is 5.56 Å². The van der Waals surface area contributed by atoms with Gasteiger partial charge in [0.1, 0.15) is 23.8 Å². The van der Waals surface area contributed by atoms with E-state index in [0.29, 0.717) is 22.8 Å². The maximum Gasteiger partial charge on any atom is 0.441 e. The molecule has 104 valence electrons. The molecule has 1 aliphatic heterocycles. The normalized spacial score (nSPS) is 16.3. The summed E-state index contributed by atoms with van der Waals surface area (Å²) < 4.78 is 46.1. The topological polar surface area (TPSA) is 51.1 Å². The van der Waals surface area contributed by atoms with Crippen LogP contribution in [0, 0.1) is 0 Å². The van der Waals surface area contributed by atoms with Gasteiger partial charge in [0.25, 0.3) is 0 Å². The largest absolute Gasteiger partial charge is 0.493 e. The predicted molar refractivity (Wildman–Crippen MR) is 64.3 cm³/mol. The van der Waals surface area contributed by atoms with Gasteiger partial charge in [0.2, 0.25) is 0 Å². The third-order valence-electron chi connectivity index (χ3n) is 2.37. The van der Waals surface area contributed by atoms with Gasteiger partial charge in [0.15, 0.2) is 0 Å². The summed E-state index contributed by atoms with van der Waals surface area (Å²) in [7, 11) is 0. The second-order valence-electron chi connectivity index (χ2n) is 3.64. The van der Waals surface area contributed by atoms with Crippen molar-refractivity contribution >= 4 is 17.5 Å². The summed E-state index contributed by atoms with van der Waals surface area (Å²) >= 11 is -0.126. The predicted octanol–water partition coefficient (Wildman–Crippen LogP) is 2.89. The van der Waals surface area contributed by atoms with Gasteiger partial charge in [-0.15, -0.1) is 0 Å². The molecule has 0 atom stereocenters. The standard InChI is InChI=1S/C11H10F3NO3S/c12-11(13,14)19-4-3-17-7-1-2-8-9(15-16)6-18-10(8)5-7/h1-2,5,16H,3-4,6H2/b15-9-. The number of hydrogen-bond acceptors (Lipinski definition) is 5. The van der Waals surface area contributed by atoms with Crippen LogP contribution in [-0.2, 0) is 0 Å². The summed E-state index contributed by atoms with van der Waals surface area (Å²) in [6.45, 7) is 0.114.